The Labute approximate surface area is 209 Å². The first-order valence-electron chi connectivity index (χ1n) is 11.7. The van der Waals surface area contributed by atoms with Gasteiger partial charge in [-0.25, -0.2) is 9.78 Å². The fourth-order valence-corrected chi connectivity index (χ4v) is 3.41. The number of nitrogens with zero attached hydrogens (tertiary/aromatic N) is 1. The third-order valence-electron chi connectivity index (χ3n) is 5.81. The van der Waals surface area contributed by atoms with Crippen molar-refractivity contribution in [2.75, 3.05) is 0 Å². The number of hydrogen-bond acceptors (Lipinski definition) is 7. The zero-order valence-electron chi connectivity index (χ0n) is 20.5. The summed E-state index contributed by atoms with van der Waals surface area (Å²) in [6, 6.07) is 1.76. The first-order chi connectivity index (χ1) is 17.0. The summed E-state index contributed by atoms with van der Waals surface area (Å²) in [4.78, 5) is 57.2. The van der Waals surface area contributed by atoms with Gasteiger partial charge in [0.15, 0.2) is 0 Å². The van der Waals surface area contributed by atoms with Gasteiger partial charge in [-0.3, -0.25) is 14.4 Å². The van der Waals surface area contributed by atoms with Gasteiger partial charge in [0, 0.05) is 24.7 Å². The van der Waals surface area contributed by atoms with E-state index in [0.717, 1.165) is 0 Å². The molecule has 0 bridgehead atoms. The molecule has 1 heterocycles. The first kappa shape index (κ1) is 28.3. The van der Waals surface area contributed by atoms with Crippen molar-refractivity contribution < 1.29 is 29.4 Å². The van der Waals surface area contributed by atoms with Crippen LogP contribution in [0.15, 0.2) is 36.8 Å². The van der Waals surface area contributed by atoms with Gasteiger partial charge in [0.1, 0.15) is 23.9 Å². The molecule has 0 spiro atoms. The van der Waals surface area contributed by atoms with Crippen LogP contribution in [0.25, 0.3) is 0 Å². The molecule has 12 heteroatoms. The normalized spacial score (nSPS) is 15.1. The number of nitrogens with two attached hydrogens (primary N) is 1. The van der Waals surface area contributed by atoms with Crippen molar-refractivity contribution in [2.24, 2.45) is 11.7 Å². The summed E-state index contributed by atoms with van der Waals surface area (Å²) in [6.07, 6.45) is 3.53. The Hall–Kier alpha value is -3.93. The van der Waals surface area contributed by atoms with Crippen LogP contribution >= 0.6 is 0 Å². The van der Waals surface area contributed by atoms with E-state index in [1.165, 1.54) is 31.6 Å². The van der Waals surface area contributed by atoms with Crippen LogP contribution in [0.1, 0.15) is 38.4 Å². The average Bonchev–Trinajstić information content (AvgIpc) is 3.35. The minimum Gasteiger partial charge on any atom is -0.508 e. The number of phenols is 1. The number of carboxylic acids is 1. The number of H-pyrrole nitrogens is 1. The number of aromatic hydroxyl groups is 1. The fourth-order valence-electron chi connectivity index (χ4n) is 3.41. The number of amides is 3. The SMILES string of the molecule is CCC(C)C(NC(=O)C(Cc1cnc[nH]1)NC(=O)C(C)N)C(=O)NC(Cc1ccc(O)cc1)C(=O)O. The number of imidazole rings is 1. The lowest BCUT2D eigenvalue weighted by Gasteiger charge is -2.28. The molecule has 0 saturated carbocycles. The fraction of sp³-hybridized carbons (Fsp3) is 0.458. The van der Waals surface area contributed by atoms with Crippen LogP contribution in [0.2, 0.25) is 0 Å². The van der Waals surface area contributed by atoms with Crippen molar-refractivity contribution in [2.45, 2.75) is 64.2 Å². The third kappa shape index (κ3) is 8.38. The number of phenolic OH excluding ortho intramolecular Hbond substituents is 1. The molecule has 5 unspecified atom stereocenters. The summed E-state index contributed by atoms with van der Waals surface area (Å²) < 4.78 is 0. The Morgan fingerprint density at radius 3 is 2.14 bits per heavy atom. The number of benzene rings is 1. The summed E-state index contributed by atoms with van der Waals surface area (Å²) in [5.41, 5.74) is 6.82. The van der Waals surface area contributed by atoms with Gasteiger partial charge in [-0.1, -0.05) is 32.4 Å². The molecular weight excluding hydrogens is 468 g/mol. The van der Waals surface area contributed by atoms with E-state index in [2.05, 4.69) is 25.9 Å². The van der Waals surface area contributed by atoms with Crippen molar-refractivity contribution >= 4 is 23.7 Å². The lowest BCUT2D eigenvalue weighted by molar-refractivity contribution is -0.142. The minimum absolute atomic E-state index is 0.0184. The molecule has 1 aromatic heterocycles. The molecule has 2 aromatic rings. The second-order valence-electron chi connectivity index (χ2n) is 8.77. The highest BCUT2D eigenvalue weighted by molar-refractivity contribution is 5.94. The van der Waals surface area contributed by atoms with Gasteiger partial charge >= 0.3 is 5.97 Å². The minimum atomic E-state index is -1.26. The molecule has 3 amide bonds. The molecule has 0 radical (unpaired) electrons. The quantitative estimate of drug-likeness (QED) is 0.196. The van der Waals surface area contributed by atoms with Crippen molar-refractivity contribution in [1.29, 1.82) is 0 Å². The maximum Gasteiger partial charge on any atom is 0.326 e. The number of rotatable bonds is 13. The molecule has 0 saturated heterocycles. The molecule has 36 heavy (non-hydrogen) atoms. The Morgan fingerprint density at radius 1 is 0.972 bits per heavy atom. The third-order valence-corrected chi connectivity index (χ3v) is 5.81. The summed E-state index contributed by atoms with van der Waals surface area (Å²) in [7, 11) is 0. The zero-order chi connectivity index (χ0) is 26.8. The molecule has 0 aliphatic heterocycles. The van der Waals surface area contributed by atoms with Crippen LogP contribution in [0.3, 0.4) is 0 Å². The number of aromatic amines is 1. The number of carbonyl (C=O) groups excluding carboxylic acids is 3. The highest BCUT2D eigenvalue weighted by Gasteiger charge is 2.32. The van der Waals surface area contributed by atoms with Gasteiger partial charge in [0.25, 0.3) is 0 Å². The molecule has 0 aliphatic carbocycles. The van der Waals surface area contributed by atoms with E-state index in [1.54, 1.807) is 19.1 Å². The van der Waals surface area contributed by atoms with Gasteiger partial charge in [0.05, 0.1) is 12.4 Å². The van der Waals surface area contributed by atoms with Crippen LogP contribution in [-0.2, 0) is 32.0 Å². The summed E-state index contributed by atoms with van der Waals surface area (Å²) in [5.74, 6) is -3.37. The number of hydrogen-bond donors (Lipinski definition) is 7. The van der Waals surface area contributed by atoms with Crippen LogP contribution in [0.5, 0.6) is 5.75 Å². The Morgan fingerprint density at radius 2 is 1.61 bits per heavy atom. The van der Waals surface area contributed by atoms with E-state index in [0.29, 0.717) is 17.7 Å². The summed E-state index contributed by atoms with van der Waals surface area (Å²) >= 11 is 0. The zero-order valence-corrected chi connectivity index (χ0v) is 20.5. The van der Waals surface area contributed by atoms with Crippen molar-refractivity contribution in [3.63, 3.8) is 0 Å². The monoisotopic (exact) mass is 502 g/mol. The average molecular weight is 503 g/mol. The lowest BCUT2D eigenvalue weighted by atomic mass is 9.96. The summed E-state index contributed by atoms with van der Waals surface area (Å²) in [6.45, 7) is 5.07. The lowest BCUT2D eigenvalue weighted by Crippen LogP contribution is -2.59. The second-order valence-corrected chi connectivity index (χ2v) is 8.77. The maximum atomic E-state index is 13.2. The maximum absolute atomic E-state index is 13.2. The molecule has 0 aliphatic rings. The number of carbonyl (C=O) groups is 4. The number of aliphatic carboxylic acids is 1. The van der Waals surface area contributed by atoms with E-state index in [1.807, 2.05) is 6.92 Å². The van der Waals surface area contributed by atoms with Gasteiger partial charge in [0.2, 0.25) is 17.7 Å². The molecule has 196 valence electrons. The molecule has 5 atom stereocenters. The first-order valence-corrected chi connectivity index (χ1v) is 11.7. The molecule has 1 aromatic carbocycles. The van der Waals surface area contributed by atoms with Gasteiger partial charge in [-0.2, -0.15) is 0 Å². The number of aromatic nitrogens is 2. The number of nitrogens with one attached hydrogen (secondary N) is 4. The van der Waals surface area contributed by atoms with E-state index in [-0.39, 0.29) is 24.5 Å². The van der Waals surface area contributed by atoms with Crippen LogP contribution in [-0.4, -0.2) is 68.0 Å². The van der Waals surface area contributed by atoms with Crippen molar-refractivity contribution in [3.05, 3.63) is 48.0 Å². The van der Waals surface area contributed by atoms with Crippen molar-refractivity contribution in [1.82, 2.24) is 25.9 Å². The summed E-state index contributed by atoms with van der Waals surface area (Å²) in [5, 5.41) is 26.9. The Bertz CT molecular complexity index is 1020. The highest BCUT2D eigenvalue weighted by Crippen LogP contribution is 2.13. The van der Waals surface area contributed by atoms with E-state index < -0.39 is 47.9 Å². The second kappa shape index (κ2) is 13.2. The molecule has 8 N–H and O–H groups in total. The van der Waals surface area contributed by atoms with E-state index >= 15 is 0 Å². The molecule has 0 fully saturated rings. The van der Waals surface area contributed by atoms with Crippen molar-refractivity contribution in [3.8, 4) is 5.75 Å². The predicted octanol–water partition coefficient (Wildman–Crippen LogP) is -0.167. The molecule has 12 nitrogen and oxygen atoms in total. The largest absolute Gasteiger partial charge is 0.508 e. The van der Waals surface area contributed by atoms with Gasteiger partial charge < -0.3 is 36.9 Å². The van der Waals surface area contributed by atoms with Gasteiger partial charge in [-0.15, -0.1) is 0 Å². The molecule has 2 rings (SSSR count). The molecular formula is C24H34N6O6. The highest BCUT2D eigenvalue weighted by atomic mass is 16.4. The standard InChI is InChI=1S/C24H34N6O6/c1-4-13(2)20(23(34)29-19(24(35)36)9-15-5-7-17(31)8-6-15)30-22(33)18(28-21(32)14(3)25)10-16-11-26-12-27-16/h5-8,11-14,18-20,31H,4,9-10,25H2,1-3H3,(H,26,27)(H,28,32)(H,29,34)(H,30,33)(H,35,36). The van der Waals surface area contributed by atoms with E-state index in [4.69, 9.17) is 5.73 Å². The smallest absolute Gasteiger partial charge is 0.326 e. The van der Waals surface area contributed by atoms with E-state index in [9.17, 15) is 29.4 Å². The predicted molar refractivity (Wildman–Crippen MR) is 131 cm³/mol. The van der Waals surface area contributed by atoms with Crippen LogP contribution in [0, 0.1) is 5.92 Å². The van der Waals surface area contributed by atoms with Crippen LogP contribution in [0.4, 0.5) is 0 Å². The topological polar surface area (TPSA) is 200 Å². The van der Waals surface area contributed by atoms with Gasteiger partial charge in [-0.05, 0) is 30.5 Å². The Kier molecular flexibility index (Phi) is 10.4. The Balaban J connectivity index is 2.19. The van der Waals surface area contributed by atoms with Crippen LogP contribution < -0.4 is 21.7 Å². The number of carboxylic acid groups (broad SMARTS) is 1.